The number of urea groups is 1. The second-order valence-electron chi connectivity index (χ2n) is 8.61. The molecule has 2 aliphatic rings. The zero-order valence-corrected chi connectivity index (χ0v) is 18.9. The van der Waals surface area contributed by atoms with Crippen molar-refractivity contribution in [2.75, 3.05) is 5.32 Å². The van der Waals surface area contributed by atoms with E-state index in [4.69, 9.17) is 4.98 Å². The van der Waals surface area contributed by atoms with E-state index in [1.165, 1.54) is 11.3 Å². The largest absolute Gasteiger partial charge is 0.387 e. The standard InChI is InChI=1S/C21H27N3O3S2/c1-11-17(12(2)19(14-7-8-14)22-18(11)13-5-6-13)23-20(25)24-29(27)16-9-15(10-28-16)21(3,4)26/h9-10,13-14,26H,5-8H2,1-4H3,(H2,22,23,24,25,27)/p+1. The molecule has 1 unspecified atom stereocenters. The quantitative estimate of drug-likeness (QED) is 0.437. The van der Waals surface area contributed by atoms with Crippen molar-refractivity contribution in [2.45, 2.75) is 75.0 Å². The molecule has 0 aromatic carbocycles. The molecule has 2 heterocycles. The van der Waals surface area contributed by atoms with Crippen LogP contribution in [0.4, 0.5) is 10.5 Å². The third-order valence-electron chi connectivity index (χ3n) is 5.59. The Morgan fingerprint density at radius 2 is 1.76 bits per heavy atom. The topological polar surface area (TPSA) is 94.8 Å². The molecule has 4 rings (SSSR count). The fourth-order valence-electron chi connectivity index (χ4n) is 3.55. The Labute approximate surface area is 177 Å². The molecule has 29 heavy (non-hydrogen) atoms. The predicted octanol–water partition coefficient (Wildman–Crippen LogP) is 5.34. The van der Waals surface area contributed by atoms with Crippen molar-refractivity contribution < 1.29 is 14.5 Å². The number of hydrogen-bond donors (Lipinski definition) is 3. The minimum atomic E-state index is -1.97. The lowest BCUT2D eigenvalue weighted by molar-refractivity contribution is 0.0789. The highest BCUT2D eigenvalue weighted by Crippen LogP contribution is 2.47. The van der Waals surface area contributed by atoms with Gasteiger partial charge in [-0.25, -0.2) is 9.35 Å². The summed E-state index contributed by atoms with van der Waals surface area (Å²) in [6.45, 7) is 7.39. The Balaban J connectivity index is 1.59. The molecule has 2 aliphatic carbocycles. The molecular formula is C21H28N3O3S2+. The summed E-state index contributed by atoms with van der Waals surface area (Å²) >= 11 is 1.30. The van der Waals surface area contributed by atoms with Gasteiger partial charge in [0.05, 0.1) is 11.3 Å². The number of thiol groups is 1. The molecule has 0 saturated heterocycles. The minimum absolute atomic E-state index is 0.502. The molecule has 0 aliphatic heterocycles. The van der Waals surface area contributed by atoms with Gasteiger partial charge in [0.1, 0.15) is 11.0 Å². The summed E-state index contributed by atoms with van der Waals surface area (Å²) in [7, 11) is -1.97. The molecule has 2 aromatic heterocycles. The van der Waals surface area contributed by atoms with E-state index in [2.05, 4.69) is 9.68 Å². The van der Waals surface area contributed by atoms with Crippen LogP contribution in [0.1, 0.15) is 79.4 Å². The van der Waals surface area contributed by atoms with Crippen molar-refractivity contribution in [1.29, 1.82) is 0 Å². The normalized spacial score (nSPS) is 18.1. The maximum atomic E-state index is 12.6. The number of carbonyl (C=O) groups is 1. The van der Waals surface area contributed by atoms with Crippen LogP contribution in [0, 0.1) is 13.8 Å². The van der Waals surface area contributed by atoms with Crippen molar-refractivity contribution in [3.63, 3.8) is 0 Å². The Hall–Kier alpha value is -1.61. The van der Waals surface area contributed by atoms with E-state index < -0.39 is 22.6 Å². The summed E-state index contributed by atoms with van der Waals surface area (Å²) in [4.78, 5) is 17.6. The number of nitrogens with zero attached hydrogens (tertiary/aromatic N) is 2. The Kier molecular flexibility index (Phi) is 5.40. The van der Waals surface area contributed by atoms with Gasteiger partial charge in [0, 0.05) is 34.7 Å². The Morgan fingerprint density at radius 1 is 1.21 bits per heavy atom. The highest BCUT2D eigenvalue weighted by atomic mass is 32.2. The number of aliphatic hydroxyl groups is 1. The third kappa shape index (κ3) is 4.45. The van der Waals surface area contributed by atoms with Crippen LogP contribution in [0.2, 0.25) is 0 Å². The third-order valence-corrected chi connectivity index (χ3v) is 8.03. The summed E-state index contributed by atoms with van der Waals surface area (Å²) in [6, 6.07) is 1.17. The van der Waals surface area contributed by atoms with Gasteiger partial charge < -0.3 is 10.4 Å². The van der Waals surface area contributed by atoms with Crippen LogP contribution in [0.15, 0.2) is 20.0 Å². The van der Waals surface area contributed by atoms with E-state index in [0.29, 0.717) is 21.6 Å². The zero-order valence-electron chi connectivity index (χ0n) is 17.2. The number of carbonyl (C=O) groups excluding carboxylic acids is 1. The highest BCUT2D eigenvalue weighted by molar-refractivity contribution is 7.84. The van der Waals surface area contributed by atoms with Crippen molar-refractivity contribution in [3.05, 3.63) is 39.5 Å². The number of nitrogens with one attached hydrogen (secondary N) is 1. The monoisotopic (exact) mass is 434 g/mol. The van der Waals surface area contributed by atoms with Gasteiger partial charge in [-0.15, -0.1) is 0 Å². The van der Waals surface area contributed by atoms with Gasteiger partial charge in [-0.05, 0) is 74.4 Å². The van der Waals surface area contributed by atoms with E-state index in [0.717, 1.165) is 53.9 Å². The van der Waals surface area contributed by atoms with Crippen molar-refractivity contribution in [2.24, 2.45) is 4.36 Å². The first-order chi connectivity index (χ1) is 13.6. The summed E-state index contributed by atoms with van der Waals surface area (Å²) in [5, 5.41) is 14.8. The smallest absolute Gasteiger partial charge is 0.386 e. The van der Waals surface area contributed by atoms with Crippen molar-refractivity contribution in [1.82, 2.24) is 4.98 Å². The minimum Gasteiger partial charge on any atom is -0.386 e. The molecule has 0 bridgehead atoms. The molecule has 2 fully saturated rings. The van der Waals surface area contributed by atoms with Crippen LogP contribution < -0.4 is 5.32 Å². The molecule has 2 aromatic rings. The van der Waals surface area contributed by atoms with Crippen LogP contribution in [-0.4, -0.2) is 20.7 Å². The zero-order chi connectivity index (χ0) is 20.9. The van der Waals surface area contributed by atoms with Gasteiger partial charge in [-0.1, -0.05) is 11.3 Å². The Bertz CT molecular complexity index is 963. The van der Waals surface area contributed by atoms with Crippen LogP contribution in [-0.2, 0) is 16.6 Å². The molecule has 0 spiro atoms. The predicted molar refractivity (Wildman–Crippen MR) is 118 cm³/mol. The molecule has 1 atom stereocenters. The average Bonchev–Trinajstić information content (AvgIpc) is 3.57. The highest BCUT2D eigenvalue weighted by Gasteiger charge is 2.34. The van der Waals surface area contributed by atoms with Gasteiger partial charge in [-0.2, -0.15) is 0 Å². The van der Waals surface area contributed by atoms with E-state index >= 15 is 0 Å². The summed E-state index contributed by atoms with van der Waals surface area (Å²) in [6.07, 6.45) is 4.62. The first-order valence-electron chi connectivity index (χ1n) is 9.99. The number of anilines is 1. The number of pyridine rings is 1. The fourth-order valence-corrected chi connectivity index (χ4v) is 5.58. The number of amides is 2. The van der Waals surface area contributed by atoms with Crippen molar-refractivity contribution in [3.8, 4) is 0 Å². The van der Waals surface area contributed by atoms with E-state index in [1.807, 2.05) is 13.8 Å². The SMILES string of the molecule is Cc1c(C2CC2)nc(C2CC2)c(C)c1NC(=O)N=[SH+](O)c1cc(C(C)(C)O)cs1. The molecule has 0 radical (unpaired) electrons. The van der Waals surface area contributed by atoms with Gasteiger partial charge in [-0.3, -0.25) is 4.98 Å². The Morgan fingerprint density at radius 3 is 2.21 bits per heavy atom. The lowest BCUT2D eigenvalue weighted by atomic mass is 10.0. The van der Waals surface area contributed by atoms with Gasteiger partial charge in [0.2, 0.25) is 4.21 Å². The molecule has 156 valence electrons. The molecule has 6 nitrogen and oxygen atoms in total. The van der Waals surface area contributed by atoms with E-state index in [-0.39, 0.29) is 0 Å². The molecular weight excluding hydrogens is 406 g/mol. The summed E-state index contributed by atoms with van der Waals surface area (Å²) < 4.78 is 15.0. The molecule has 2 saturated carbocycles. The number of aromatic nitrogens is 1. The lowest BCUT2D eigenvalue weighted by Gasteiger charge is -2.17. The van der Waals surface area contributed by atoms with Gasteiger partial charge in [0.25, 0.3) is 0 Å². The average molecular weight is 435 g/mol. The molecule has 3 N–H and O–H groups in total. The second-order valence-corrected chi connectivity index (χ2v) is 11.1. The van der Waals surface area contributed by atoms with Crippen LogP contribution in [0.25, 0.3) is 0 Å². The van der Waals surface area contributed by atoms with Crippen LogP contribution >= 0.6 is 11.3 Å². The molecule has 2 amide bonds. The lowest BCUT2D eigenvalue weighted by Crippen LogP contribution is -2.14. The van der Waals surface area contributed by atoms with Gasteiger partial charge in [0.15, 0.2) is 0 Å². The second kappa shape index (κ2) is 7.58. The van der Waals surface area contributed by atoms with E-state index in [9.17, 15) is 14.5 Å². The molecule has 8 heteroatoms. The summed E-state index contributed by atoms with van der Waals surface area (Å²) in [5.41, 5.74) is 4.75. The van der Waals surface area contributed by atoms with Crippen molar-refractivity contribution >= 4 is 34.0 Å². The maximum absolute atomic E-state index is 12.6. The maximum Gasteiger partial charge on any atom is 0.387 e. The number of hydrogen-bond acceptors (Lipinski definition) is 4. The van der Waals surface area contributed by atoms with Gasteiger partial charge >= 0.3 is 6.03 Å². The first kappa shape index (κ1) is 20.7. The first-order valence-corrected chi connectivity index (χ1v) is 12.1. The van der Waals surface area contributed by atoms with E-state index in [1.54, 1.807) is 25.3 Å². The van der Waals surface area contributed by atoms with Crippen LogP contribution in [0.5, 0.6) is 0 Å². The number of thiophene rings is 1. The number of rotatable bonds is 5. The van der Waals surface area contributed by atoms with Crippen LogP contribution in [0.3, 0.4) is 0 Å². The fraction of sp³-hybridized carbons (Fsp3) is 0.524. The summed E-state index contributed by atoms with van der Waals surface area (Å²) in [5.74, 6) is 1.00.